The lowest BCUT2D eigenvalue weighted by molar-refractivity contribution is 0.0595. The van der Waals surface area contributed by atoms with Crippen LogP contribution in [0.1, 0.15) is 35.6 Å². The van der Waals surface area contributed by atoms with Gasteiger partial charge in [-0.05, 0) is 43.5 Å². The standard InChI is InChI=1S/C21H24FN5O2/c1-11-4-12-2-3-24-8-14(12)17(5-11)29-18-7-13(6-16(18)28)27-9-15(22)19-20(23)25-10-26-21(19)27/h4-5,9-10,13,16,18,24,28H,2-3,6-8H2,1H3,(H2,23,25,26)/t13?,16-,18?/m0/s1. The SMILES string of the molecule is Cc1cc2c(c(OC3CC(n4cc(F)c5c(N)ncnc54)C[C@@H]3O)c1)CNCC2. The first kappa shape index (κ1) is 18.3. The van der Waals surface area contributed by atoms with Gasteiger partial charge < -0.3 is 25.5 Å². The Balaban J connectivity index is 1.43. The van der Waals surface area contributed by atoms with Gasteiger partial charge in [0.25, 0.3) is 0 Å². The summed E-state index contributed by atoms with van der Waals surface area (Å²) in [6.45, 7) is 3.78. The van der Waals surface area contributed by atoms with E-state index in [1.807, 2.05) is 6.07 Å². The molecule has 0 saturated heterocycles. The Morgan fingerprint density at radius 3 is 3.03 bits per heavy atom. The molecule has 2 unspecified atom stereocenters. The van der Waals surface area contributed by atoms with E-state index in [2.05, 4.69) is 28.3 Å². The van der Waals surface area contributed by atoms with Gasteiger partial charge in [-0.25, -0.2) is 14.4 Å². The maximum atomic E-state index is 14.4. The van der Waals surface area contributed by atoms with E-state index in [4.69, 9.17) is 10.5 Å². The molecule has 3 aromatic rings. The Hall–Kier alpha value is -2.71. The number of aryl methyl sites for hydroxylation is 1. The molecule has 1 saturated carbocycles. The molecule has 1 aliphatic heterocycles. The van der Waals surface area contributed by atoms with Crippen molar-refractivity contribution >= 4 is 16.9 Å². The molecule has 1 aliphatic carbocycles. The van der Waals surface area contributed by atoms with E-state index in [-0.39, 0.29) is 23.3 Å². The van der Waals surface area contributed by atoms with Crippen molar-refractivity contribution in [1.29, 1.82) is 0 Å². The summed E-state index contributed by atoms with van der Waals surface area (Å²) < 4.78 is 22.5. The molecule has 0 amide bonds. The molecule has 3 heterocycles. The molecule has 0 bridgehead atoms. The van der Waals surface area contributed by atoms with Gasteiger partial charge >= 0.3 is 0 Å². The minimum atomic E-state index is -0.646. The number of hydrogen-bond donors (Lipinski definition) is 3. The predicted octanol–water partition coefficient (Wildman–Crippen LogP) is 2.25. The van der Waals surface area contributed by atoms with Crippen LogP contribution in [-0.4, -0.2) is 38.4 Å². The summed E-state index contributed by atoms with van der Waals surface area (Å²) in [7, 11) is 0. The zero-order chi connectivity index (χ0) is 20.1. The van der Waals surface area contributed by atoms with Crippen LogP contribution in [0.2, 0.25) is 0 Å². The van der Waals surface area contributed by atoms with Crippen molar-refractivity contribution in [2.75, 3.05) is 12.3 Å². The van der Waals surface area contributed by atoms with Crippen LogP contribution in [0.25, 0.3) is 11.0 Å². The van der Waals surface area contributed by atoms with Gasteiger partial charge in [0, 0.05) is 30.8 Å². The first-order valence-corrected chi connectivity index (χ1v) is 9.95. The van der Waals surface area contributed by atoms with Crippen LogP contribution < -0.4 is 15.8 Å². The van der Waals surface area contributed by atoms with E-state index in [1.165, 1.54) is 18.1 Å². The van der Waals surface area contributed by atoms with E-state index in [9.17, 15) is 9.50 Å². The highest BCUT2D eigenvalue weighted by Crippen LogP contribution is 2.38. The van der Waals surface area contributed by atoms with Gasteiger partial charge in [0.15, 0.2) is 5.82 Å². The number of rotatable bonds is 3. The predicted molar refractivity (Wildman–Crippen MR) is 107 cm³/mol. The van der Waals surface area contributed by atoms with Crippen LogP contribution in [0, 0.1) is 12.7 Å². The summed E-state index contributed by atoms with van der Waals surface area (Å²) in [5, 5.41) is 14.3. The fourth-order valence-electron chi connectivity index (χ4n) is 4.63. The topological polar surface area (TPSA) is 98.2 Å². The number of hydrogen-bond acceptors (Lipinski definition) is 6. The lowest BCUT2D eigenvalue weighted by Crippen LogP contribution is -2.29. The molecule has 152 valence electrons. The van der Waals surface area contributed by atoms with Crippen LogP contribution in [0.3, 0.4) is 0 Å². The van der Waals surface area contributed by atoms with Crippen LogP contribution in [0.4, 0.5) is 10.2 Å². The molecule has 0 radical (unpaired) electrons. The molecule has 2 aromatic heterocycles. The van der Waals surface area contributed by atoms with Crippen molar-refractivity contribution in [1.82, 2.24) is 19.9 Å². The summed E-state index contributed by atoms with van der Waals surface area (Å²) in [6, 6.07) is 4.11. The summed E-state index contributed by atoms with van der Waals surface area (Å²) in [6.07, 6.45) is 3.71. The number of anilines is 1. The Bertz CT molecular complexity index is 1080. The molecule has 7 nitrogen and oxygen atoms in total. The second-order valence-corrected chi connectivity index (χ2v) is 8.02. The molecule has 4 N–H and O–H groups in total. The normalized spacial score (nSPS) is 24.0. The van der Waals surface area contributed by atoms with Crippen molar-refractivity contribution < 1.29 is 14.2 Å². The third-order valence-electron chi connectivity index (χ3n) is 6.03. The van der Waals surface area contributed by atoms with Gasteiger partial charge in [-0.2, -0.15) is 0 Å². The van der Waals surface area contributed by atoms with Crippen LogP contribution in [0.5, 0.6) is 5.75 Å². The summed E-state index contributed by atoms with van der Waals surface area (Å²) in [5.74, 6) is 0.499. The minimum Gasteiger partial charge on any atom is -0.487 e. The average molecular weight is 397 g/mol. The zero-order valence-electron chi connectivity index (χ0n) is 16.2. The van der Waals surface area contributed by atoms with Gasteiger partial charge in [-0.15, -0.1) is 0 Å². The number of ether oxygens (including phenoxy) is 1. The molecule has 29 heavy (non-hydrogen) atoms. The highest BCUT2D eigenvalue weighted by Gasteiger charge is 2.37. The number of nitrogen functional groups attached to an aromatic ring is 1. The molecule has 5 rings (SSSR count). The van der Waals surface area contributed by atoms with Gasteiger partial charge in [0.2, 0.25) is 0 Å². The zero-order valence-corrected chi connectivity index (χ0v) is 16.2. The highest BCUT2D eigenvalue weighted by atomic mass is 19.1. The monoisotopic (exact) mass is 397 g/mol. The number of fused-ring (bicyclic) bond motifs is 2. The van der Waals surface area contributed by atoms with Crippen molar-refractivity contribution in [3.8, 4) is 5.75 Å². The number of benzene rings is 1. The number of aliphatic hydroxyl groups is 1. The Morgan fingerprint density at radius 2 is 2.17 bits per heavy atom. The summed E-state index contributed by atoms with van der Waals surface area (Å²) in [5.41, 5.74) is 9.88. The van der Waals surface area contributed by atoms with Crippen LogP contribution in [-0.2, 0) is 13.0 Å². The summed E-state index contributed by atoms with van der Waals surface area (Å²) in [4.78, 5) is 8.09. The smallest absolute Gasteiger partial charge is 0.154 e. The maximum Gasteiger partial charge on any atom is 0.154 e. The summed E-state index contributed by atoms with van der Waals surface area (Å²) >= 11 is 0. The lowest BCUT2D eigenvalue weighted by atomic mass is 9.97. The highest BCUT2D eigenvalue weighted by molar-refractivity contribution is 5.86. The lowest BCUT2D eigenvalue weighted by Gasteiger charge is -2.25. The third-order valence-corrected chi connectivity index (χ3v) is 6.03. The first-order valence-electron chi connectivity index (χ1n) is 9.95. The van der Waals surface area contributed by atoms with E-state index < -0.39 is 11.9 Å². The Labute approximate surface area is 167 Å². The quantitative estimate of drug-likeness (QED) is 0.627. The second-order valence-electron chi connectivity index (χ2n) is 8.02. The van der Waals surface area contributed by atoms with E-state index in [1.54, 1.807) is 4.57 Å². The Morgan fingerprint density at radius 1 is 1.31 bits per heavy atom. The van der Waals surface area contributed by atoms with Crippen molar-refractivity contribution in [2.45, 2.75) is 51.0 Å². The van der Waals surface area contributed by atoms with Gasteiger partial charge in [0.05, 0.1) is 11.5 Å². The largest absolute Gasteiger partial charge is 0.487 e. The third kappa shape index (κ3) is 3.12. The molecule has 2 aliphatic rings. The van der Waals surface area contributed by atoms with Crippen LogP contribution >= 0.6 is 0 Å². The Kier molecular flexibility index (Phi) is 4.40. The minimum absolute atomic E-state index is 0.122. The fraction of sp³-hybridized carbons (Fsp3) is 0.429. The van der Waals surface area contributed by atoms with E-state index >= 15 is 0 Å². The number of halogens is 1. The number of nitrogens with zero attached hydrogens (tertiary/aromatic N) is 3. The molecular weight excluding hydrogens is 373 g/mol. The number of aromatic nitrogens is 3. The van der Waals surface area contributed by atoms with Gasteiger partial charge in [-0.1, -0.05) is 6.07 Å². The first-order chi connectivity index (χ1) is 14.0. The number of nitrogens with one attached hydrogen (secondary N) is 1. The van der Waals surface area contributed by atoms with E-state index in [0.29, 0.717) is 18.5 Å². The number of aliphatic hydroxyl groups excluding tert-OH is 1. The van der Waals surface area contributed by atoms with Crippen molar-refractivity contribution in [3.63, 3.8) is 0 Å². The van der Waals surface area contributed by atoms with Crippen molar-refractivity contribution in [3.05, 3.63) is 47.2 Å². The van der Waals surface area contributed by atoms with Gasteiger partial charge in [0.1, 0.15) is 29.6 Å². The second kappa shape index (κ2) is 6.96. The molecule has 1 fully saturated rings. The van der Waals surface area contributed by atoms with E-state index in [0.717, 1.165) is 36.4 Å². The fourth-order valence-corrected chi connectivity index (χ4v) is 4.63. The van der Waals surface area contributed by atoms with Gasteiger partial charge in [-0.3, -0.25) is 0 Å². The maximum absolute atomic E-state index is 14.4. The average Bonchev–Trinajstić information content (AvgIpc) is 3.22. The molecule has 3 atom stereocenters. The molecule has 1 aromatic carbocycles. The molecular formula is C21H24FN5O2. The molecule has 0 spiro atoms. The number of nitrogens with two attached hydrogens (primary N) is 1. The van der Waals surface area contributed by atoms with Crippen LogP contribution in [0.15, 0.2) is 24.7 Å². The van der Waals surface area contributed by atoms with Crippen molar-refractivity contribution in [2.24, 2.45) is 0 Å². The molecule has 8 heteroatoms.